The van der Waals surface area contributed by atoms with E-state index >= 15 is 0 Å². The molecule has 0 bridgehead atoms. The third-order valence-corrected chi connectivity index (χ3v) is 4.78. The lowest BCUT2D eigenvalue weighted by molar-refractivity contribution is 1.21. The highest BCUT2D eigenvalue weighted by Gasteiger charge is 2.10. The lowest BCUT2D eigenvalue weighted by Crippen LogP contribution is -1.96. The van der Waals surface area contributed by atoms with E-state index in [1.807, 2.05) is 6.07 Å². The molecular formula is C24H21N. The van der Waals surface area contributed by atoms with Gasteiger partial charge in [0.05, 0.1) is 0 Å². The Balaban J connectivity index is 1.83. The molecule has 0 amide bonds. The predicted molar refractivity (Wildman–Crippen MR) is 108 cm³/mol. The first-order chi connectivity index (χ1) is 12.2. The summed E-state index contributed by atoms with van der Waals surface area (Å²) in [7, 11) is 0. The Morgan fingerprint density at radius 1 is 0.680 bits per heavy atom. The highest BCUT2D eigenvalue weighted by molar-refractivity contribution is 5.86. The van der Waals surface area contributed by atoms with E-state index in [2.05, 4.69) is 85.8 Å². The van der Waals surface area contributed by atoms with Crippen molar-refractivity contribution in [2.45, 2.75) is 13.3 Å². The number of anilines is 1. The SMILES string of the molecule is Cc1ccc(N)c(-c2ccccc2Cc2cccc3ccccc23)c1. The quantitative estimate of drug-likeness (QED) is 0.461. The fourth-order valence-electron chi connectivity index (χ4n) is 3.49. The number of nitrogens with two attached hydrogens (primary N) is 1. The van der Waals surface area contributed by atoms with E-state index in [1.54, 1.807) is 0 Å². The van der Waals surface area contributed by atoms with Crippen molar-refractivity contribution < 1.29 is 0 Å². The summed E-state index contributed by atoms with van der Waals surface area (Å²) in [5.74, 6) is 0. The molecule has 0 fully saturated rings. The Labute approximate surface area is 148 Å². The van der Waals surface area contributed by atoms with Gasteiger partial charge in [-0.1, -0.05) is 78.4 Å². The minimum Gasteiger partial charge on any atom is -0.398 e. The number of nitrogen functional groups attached to an aromatic ring is 1. The number of fused-ring (bicyclic) bond motifs is 1. The molecule has 0 aliphatic heterocycles. The second kappa shape index (κ2) is 6.45. The summed E-state index contributed by atoms with van der Waals surface area (Å²) in [6.45, 7) is 2.11. The molecule has 1 heteroatoms. The minimum absolute atomic E-state index is 0.830. The van der Waals surface area contributed by atoms with Crippen molar-refractivity contribution in [3.63, 3.8) is 0 Å². The smallest absolute Gasteiger partial charge is 0.0394 e. The number of rotatable bonds is 3. The van der Waals surface area contributed by atoms with Gasteiger partial charge in [-0.3, -0.25) is 0 Å². The topological polar surface area (TPSA) is 26.0 Å². The summed E-state index contributed by atoms with van der Waals surface area (Å²) in [6, 6.07) is 29.9. The van der Waals surface area contributed by atoms with Gasteiger partial charge in [0.15, 0.2) is 0 Å². The molecule has 0 heterocycles. The Morgan fingerprint density at radius 3 is 2.32 bits per heavy atom. The molecule has 4 rings (SSSR count). The van der Waals surface area contributed by atoms with Gasteiger partial charge in [0.1, 0.15) is 0 Å². The maximum Gasteiger partial charge on any atom is 0.0394 e. The Hall–Kier alpha value is -3.06. The third-order valence-electron chi connectivity index (χ3n) is 4.78. The van der Waals surface area contributed by atoms with Gasteiger partial charge in [-0.25, -0.2) is 0 Å². The lowest BCUT2D eigenvalue weighted by Gasteiger charge is -2.14. The zero-order valence-corrected chi connectivity index (χ0v) is 14.4. The van der Waals surface area contributed by atoms with Crippen LogP contribution in [0.15, 0.2) is 84.9 Å². The first-order valence-electron chi connectivity index (χ1n) is 8.63. The lowest BCUT2D eigenvalue weighted by atomic mass is 9.91. The van der Waals surface area contributed by atoms with Crippen LogP contribution in [0, 0.1) is 6.92 Å². The van der Waals surface area contributed by atoms with Gasteiger partial charge >= 0.3 is 0 Å². The largest absolute Gasteiger partial charge is 0.398 e. The Morgan fingerprint density at radius 2 is 1.40 bits per heavy atom. The van der Waals surface area contributed by atoms with Crippen LogP contribution in [0.2, 0.25) is 0 Å². The molecule has 0 aromatic heterocycles. The fourth-order valence-corrected chi connectivity index (χ4v) is 3.49. The van der Waals surface area contributed by atoms with Crippen molar-refractivity contribution >= 4 is 16.5 Å². The predicted octanol–water partition coefficient (Wildman–Crippen LogP) is 5.99. The summed E-state index contributed by atoms with van der Waals surface area (Å²) >= 11 is 0. The molecule has 1 nitrogen and oxygen atoms in total. The van der Waals surface area contributed by atoms with Crippen LogP contribution in [0.25, 0.3) is 21.9 Å². The van der Waals surface area contributed by atoms with Crippen molar-refractivity contribution in [3.8, 4) is 11.1 Å². The second-order valence-electron chi connectivity index (χ2n) is 6.56. The Kier molecular flexibility index (Phi) is 3.99. The van der Waals surface area contributed by atoms with E-state index in [9.17, 15) is 0 Å². The van der Waals surface area contributed by atoms with Crippen molar-refractivity contribution in [2.24, 2.45) is 0 Å². The van der Waals surface area contributed by atoms with Crippen LogP contribution >= 0.6 is 0 Å². The van der Waals surface area contributed by atoms with E-state index in [0.717, 1.165) is 17.7 Å². The van der Waals surface area contributed by atoms with Crippen molar-refractivity contribution in [1.82, 2.24) is 0 Å². The van der Waals surface area contributed by atoms with Crippen LogP contribution in [-0.4, -0.2) is 0 Å². The van der Waals surface area contributed by atoms with Crippen LogP contribution in [-0.2, 0) is 6.42 Å². The molecule has 4 aromatic carbocycles. The summed E-state index contributed by atoms with van der Waals surface area (Å²) < 4.78 is 0. The molecule has 25 heavy (non-hydrogen) atoms. The molecule has 0 saturated carbocycles. The molecule has 0 spiro atoms. The number of aryl methyl sites for hydroxylation is 1. The molecule has 0 radical (unpaired) electrons. The highest BCUT2D eigenvalue weighted by Crippen LogP contribution is 2.32. The summed E-state index contributed by atoms with van der Waals surface area (Å²) in [4.78, 5) is 0. The molecule has 0 saturated heterocycles. The summed E-state index contributed by atoms with van der Waals surface area (Å²) in [5.41, 5.74) is 13.3. The minimum atomic E-state index is 0.830. The van der Waals surface area contributed by atoms with Crippen molar-refractivity contribution in [2.75, 3.05) is 5.73 Å². The van der Waals surface area contributed by atoms with Gasteiger partial charge in [-0.2, -0.15) is 0 Å². The average Bonchev–Trinajstić information content (AvgIpc) is 2.65. The number of hydrogen-bond acceptors (Lipinski definition) is 1. The van der Waals surface area contributed by atoms with Gasteiger partial charge in [-0.05, 0) is 52.9 Å². The van der Waals surface area contributed by atoms with Gasteiger partial charge in [0.25, 0.3) is 0 Å². The zero-order valence-electron chi connectivity index (χ0n) is 14.4. The molecule has 0 aliphatic carbocycles. The monoisotopic (exact) mass is 323 g/mol. The maximum absolute atomic E-state index is 6.27. The van der Waals surface area contributed by atoms with E-state index in [4.69, 9.17) is 5.73 Å². The Bertz CT molecular complexity index is 1040. The first-order valence-corrected chi connectivity index (χ1v) is 8.63. The highest BCUT2D eigenvalue weighted by atomic mass is 14.6. The molecule has 4 aromatic rings. The van der Waals surface area contributed by atoms with Crippen molar-refractivity contribution in [1.29, 1.82) is 0 Å². The van der Waals surface area contributed by atoms with E-state index in [-0.39, 0.29) is 0 Å². The van der Waals surface area contributed by atoms with E-state index < -0.39 is 0 Å². The third kappa shape index (κ3) is 3.01. The zero-order chi connectivity index (χ0) is 17.2. The second-order valence-corrected chi connectivity index (χ2v) is 6.56. The van der Waals surface area contributed by atoms with Crippen LogP contribution in [0.3, 0.4) is 0 Å². The van der Waals surface area contributed by atoms with Gasteiger partial charge in [0, 0.05) is 11.3 Å². The molecule has 0 unspecified atom stereocenters. The van der Waals surface area contributed by atoms with Gasteiger partial charge in [0.2, 0.25) is 0 Å². The number of hydrogen-bond donors (Lipinski definition) is 1. The fraction of sp³-hybridized carbons (Fsp3) is 0.0833. The maximum atomic E-state index is 6.27. The number of benzene rings is 4. The van der Waals surface area contributed by atoms with Gasteiger partial charge < -0.3 is 5.73 Å². The molecule has 2 N–H and O–H groups in total. The molecule has 0 atom stereocenters. The average molecular weight is 323 g/mol. The molecule has 0 aliphatic rings. The normalized spacial score (nSPS) is 10.9. The van der Waals surface area contributed by atoms with Crippen LogP contribution < -0.4 is 5.73 Å². The van der Waals surface area contributed by atoms with Crippen LogP contribution in [0.1, 0.15) is 16.7 Å². The standard InChI is InChI=1S/C24H21N/c1-17-13-14-24(25)23(15-17)22-12-5-3-8-20(22)16-19-10-6-9-18-7-2-4-11-21(18)19/h2-15H,16,25H2,1H3. The van der Waals surface area contributed by atoms with E-state index in [1.165, 1.54) is 33.0 Å². The van der Waals surface area contributed by atoms with Crippen LogP contribution in [0.4, 0.5) is 5.69 Å². The summed E-state index contributed by atoms with van der Waals surface area (Å²) in [6.07, 6.45) is 0.894. The van der Waals surface area contributed by atoms with Crippen molar-refractivity contribution in [3.05, 3.63) is 102 Å². The summed E-state index contributed by atoms with van der Waals surface area (Å²) in [5, 5.41) is 2.60. The first kappa shape index (κ1) is 15.5. The molecule has 122 valence electrons. The van der Waals surface area contributed by atoms with Gasteiger partial charge in [-0.15, -0.1) is 0 Å². The molecular weight excluding hydrogens is 302 g/mol. The van der Waals surface area contributed by atoms with Crippen LogP contribution in [0.5, 0.6) is 0 Å². The van der Waals surface area contributed by atoms with E-state index in [0.29, 0.717) is 0 Å².